The molecule has 1 aliphatic rings. The van der Waals surface area contributed by atoms with Crippen LogP contribution in [0.15, 0.2) is 23.3 Å². The van der Waals surface area contributed by atoms with Crippen LogP contribution in [0.2, 0.25) is 0 Å². The van der Waals surface area contributed by atoms with Crippen LogP contribution in [0.1, 0.15) is 43.7 Å². The van der Waals surface area contributed by atoms with Gasteiger partial charge in [0.2, 0.25) is 0 Å². The zero-order chi connectivity index (χ0) is 14.5. The zero-order valence-electron chi connectivity index (χ0n) is 12.4. The zero-order valence-corrected chi connectivity index (χ0v) is 12.4. The number of rotatable bonds is 4. The van der Waals surface area contributed by atoms with Crippen molar-refractivity contribution in [2.24, 2.45) is 5.10 Å². The minimum atomic E-state index is -0.553. The number of carbonyl (C=O) groups excluding carboxylic acids is 1. The first kappa shape index (κ1) is 14.6. The minimum absolute atomic E-state index is 0.206. The van der Waals surface area contributed by atoms with Gasteiger partial charge in [-0.25, -0.2) is 5.43 Å². The summed E-state index contributed by atoms with van der Waals surface area (Å²) in [5, 5.41) is 4.15. The van der Waals surface area contributed by atoms with Crippen molar-refractivity contribution in [1.29, 1.82) is 0 Å². The van der Waals surface area contributed by atoms with Crippen molar-refractivity contribution in [3.63, 3.8) is 0 Å². The monoisotopic (exact) mass is 274 g/mol. The summed E-state index contributed by atoms with van der Waals surface area (Å²) in [6, 6.07) is 5.82. The molecule has 0 heterocycles. The molecule has 108 valence electrons. The third kappa shape index (κ3) is 3.83. The Labute approximate surface area is 120 Å². The molecule has 1 amide bonds. The molecule has 0 aliphatic heterocycles. The van der Waals surface area contributed by atoms with Gasteiger partial charge in [-0.05, 0) is 69.7 Å². The Bertz CT molecular complexity index is 515. The van der Waals surface area contributed by atoms with Crippen molar-refractivity contribution >= 4 is 11.6 Å². The number of amides is 1. The maximum atomic E-state index is 11.9. The summed E-state index contributed by atoms with van der Waals surface area (Å²) in [6.07, 6.45) is 3.77. The Morgan fingerprint density at radius 1 is 1.25 bits per heavy atom. The van der Waals surface area contributed by atoms with Crippen molar-refractivity contribution in [1.82, 2.24) is 5.43 Å². The lowest BCUT2D eigenvalue weighted by Crippen LogP contribution is -2.33. The van der Waals surface area contributed by atoms with Gasteiger partial charge in [-0.3, -0.25) is 4.79 Å². The van der Waals surface area contributed by atoms with Gasteiger partial charge >= 0.3 is 0 Å². The number of carbonyl (C=O) groups is 1. The fourth-order valence-electron chi connectivity index (χ4n) is 2.16. The first-order valence-electron chi connectivity index (χ1n) is 7.15. The normalized spacial score (nSPS) is 15.8. The number of benzene rings is 1. The molecule has 20 heavy (non-hydrogen) atoms. The van der Waals surface area contributed by atoms with E-state index in [1.807, 2.05) is 32.0 Å². The molecule has 1 aromatic carbocycles. The van der Waals surface area contributed by atoms with E-state index in [1.54, 1.807) is 6.92 Å². The Balaban J connectivity index is 1.89. The topological polar surface area (TPSA) is 50.7 Å². The van der Waals surface area contributed by atoms with Crippen LogP contribution in [-0.2, 0) is 4.79 Å². The molecule has 1 aliphatic carbocycles. The van der Waals surface area contributed by atoms with E-state index in [4.69, 9.17) is 4.74 Å². The van der Waals surface area contributed by atoms with Crippen LogP contribution < -0.4 is 10.2 Å². The summed E-state index contributed by atoms with van der Waals surface area (Å²) in [5.41, 5.74) is 6.04. The third-order valence-electron chi connectivity index (χ3n) is 3.67. The maximum Gasteiger partial charge on any atom is 0.280 e. The molecular formula is C16H22N2O2. The summed E-state index contributed by atoms with van der Waals surface area (Å²) in [4.78, 5) is 11.9. The van der Waals surface area contributed by atoms with E-state index in [9.17, 15) is 4.79 Å². The highest BCUT2D eigenvalue weighted by Gasteiger charge is 2.15. The molecule has 1 fully saturated rings. The van der Waals surface area contributed by atoms with Crippen molar-refractivity contribution in [3.05, 3.63) is 29.3 Å². The largest absolute Gasteiger partial charge is 0.481 e. The van der Waals surface area contributed by atoms with E-state index >= 15 is 0 Å². The highest BCUT2D eigenvalue weighted by atomic mass is 16.5. The van der Waals surface area contributed by atoms with Gasteiger partial charge in [0.05, 0.1) is 0 Å². The second-order valence-corrected chi connectivity index (χ2v) is 5.37. The van der Waals surface area contributed by atoms with E-state index < -0.39 is 6.10 Å². The lowest BCUT2D eigenvalue weighted by molar-refractivity contribution is -0.127. The van der Waals surface area contributed by atoms with Crippen LogP contribution >= 0.6 is 0 Å². The molecule has 0 spiro atoms. The van der Waals surface area contributed by atoms with Gasteiger partial charge in [0, 0.05) is 5.71 Å². The van der Waals surface area contributed by atoms with Gasteiger partial charge < -0.3 is 4.74 Å². The van der Waals surface area contributed by atoms with Gasteiger partial charge in [0.15, 0.2) is 6.10 Å². The van der Waals surface area contributed by atoms with Gasteiger partial charge in [-0.2, -0.15) is 5.10 Å². The van der Waals surface area contributed by atoms with Gasteiger partial charge in [0.25, 0.3) is 5.91 Å². The molecule has 0 aromatic heterocycles. The van der Waals surface area contributed by atoms with Crippen LogP contribution in [0.5, 0.6) is 5.75 Å². The second kappa shape index (κ2) is 6.55. The summed E-state index contributed by atoms with van der Waals surface area (Å²) in [7, 11) is 0. The van der Waals surface area contributed by atoms with E-state index in [1.165, 1.54) is 18.4 Å². The number of nitrogens with one attached hydrogen (secondary N) is 1. The number of aryl methyl sites for hydroxylation is 2. The SMILES string of the molecule is Cc1ccc(OC(C)C(=O)NN=C2CCCC2)cc1C. The number of hydrogen-bond donors (Lipinski definition) is 1. The molecule has 0 saturated heterocycles. The lowest BCUT2D eigenvalue weighted by Gasteiger charge is -2.14. The molecular weight excluding hydrogens is 252 g/mol. The summed E-state index contributed by atoms with van der Waals surface area (Å²) in [6.45, 7) is 5.81. The summed E-state index contributed by atoms with van der Waals surface area (Å²) < 4.78 is 5.65. The van der Waals surface area contributed by atoms with E-state index in [2.05, 4.69) is 10.5 Å². The van der Waals surface area contributed by atoms with Crippen LogP contribution in [0.4, 0.5) is 0 Å². The van der Waals surface area contributed by atoms with Crippen molar-refractivity contribution in [3.8, 4) is 5.75 Å². The van der Waals surface area contributed by atoms with E-state index in [-0.39, 0.29) is 5.91 Å². The van der Waals surface area contributed by atoms with Crippen molar-refractivity contribution < 1.29 is 9.53 Å². The van der Waals surface area contributed by atoms with Crippen LogP contribution in [0.3, 0.4) is 0 Å². The van der Waals surface area contributed by atoms with Crippen molar-refractivity contribution in [2.45, 2.75) is 52.6 Å². The molecule has 1 saturated carbocycles. The predicted molar refractivity (Wildman–Crippen MR) is 80.1 cm³/mol. The summed E-state index contributed by atoms with van der Waals surface area (Å²) >= 11 is 0. The van der Waals surface area contributed by atoms with Gasteiger partial charge in [0.1, 0.15) is 5.75 Å². The molecule has 1 aromatic rings. The Hall–Kier alpha value is -1.84. The lowest BCUT2D eigenvalue weighted by atomic mass is 10.1. The first-order chi connectivity index (χ1) is 9.56. The fraction of sp³-hybridized carbons (Fsp3) is 0.500. The molecule has 2 rings (SSSR count). The molecule has 0 radical (unpaired) electrons. The van der Waals surface area contributed by atoms with E-state index in [0.717, 1.165) is 24.1 Å². The van der Waals surface area contributed by atoms with Crippen LogP contribution in [-0.4, -0.2) is 17.7 Å². The van der Waals surface area contributed by atoms with E-state index in [0.29, 0.717) is 5.75 Å². The molecule has 1 N–H and O–H groups in total. The number of nitrogens with zero attached hydrogens (tertiary/aromatic N) is 1. The first-order valence-corrected chi connectivity index (χ1v) is 7.15. The van der Waals surface area contributed by atoms with Gasteiger partial charge in [-0.15, -0.1) is 0 Å². The molecule has 1 unspecified atom stereocenters. The average Bonchev–Trinajstić information content (AvgIpc) is 2.93. The highest BCUT2D eigenvalue weighted by molar-refractivity contribution is 5.88. The second-order valence-electron chi connectivity index (χ2n) is 5.37. The number of hydrazone groups is 1. The number of hydrogen-bond acceptors (Lipinski definition) is 3. The molecule has 1 atom stereocenters. The Kier molecular flexibility index (Phi) is 4.77. The minimum Gasteiger partial charge on any atom is -0.481 e. The summed E-state index contributed by atoms with van der Waals surface area (Å²) in [5.74, 6) is 0.506. The molecule has 4 heteroatoms. The van der Waals surface area contributed by atoms with Crippen molar-refractivity contribution in [2.75, 3.05) is 0 Å². The van der Waals surface area contributed by atoms with Gasteiger partial charge in [-0.1, -0.05) is 6.07 Å². The Morgan fingerprint density at radius 2 is 1.95 bits per heavy atom. The Morgan fingerprint density at radius 3 is 2.60 bits per heavy atom. The smallest absolute Gasteiger partial charge is 0.280 e. The highest BCUT2D eigenvalue weighted by Crippen LogP contribution is 2.18. The quantitative estimate of drug-likeness (QED) is 0.858. The predicted octanol–water partition coefficient (Wildman–Crippen LogP) is 3.12. The molecule has 0 bridgehead atoms. The average molecular weight is 274 g/mol. The standard InChI is InChI=1S/C16H22N2O2/c1-11-8-9-15(10-12(11)2)20-13(3)16(19)18-17-14-6-4-5-7-14/h8-10,13H,4-7H2,1-3H3,(H,18,19). The third-order valence-corrected chi connectivity index (χ3v) is 3.67. The van der Waals surface area contributed by atoms with Crippen LogP contribution in [0, 0.1) is 13.8 Å². The molecule has 4 nitrogen and oxygen atoms in total. The maximum absolute atomic E-state index is 11.9. The van der Waals surface area contributed by atoms with Crippen LogP contribution in [0.25, 0.3) is 0 Å². The number of ether oxygens (including phenoxy) is 1. The fourth-order valence-corrected chi connectivity index (χ4v) is 2.16.